The molecule has 0 fully saturated rings. The molecule has 1 amide bonds. The summed E-state index contributed by atoms with van der Waals surface area (Å²) < 4.78 is 0. The Morgan fingerprint density at radius 3 is 2.59 bits per heavy atom. The molecule has 0 radical (unpaired) electrons. The van der Waals surface area contributed by atoms with Crippen LogP contribution in [0.15, 0.2) is 18.2 Å². The van der Waals surface area contributed by atoms with Crippen molar-refractivity contribution in [3.05, 3.63) is 28.8 Å². The normalized spacial score (nSPS) is 11.1. The van der Waals surface area contributed by atoms with E-state index < -0.39 is 0 Å². The maximum absolute atomic E-state index is 11.0. The summed E-state index contributed by atoms with van der Waals surface area (Å²) >= 11 is 6.09. The molecule has 0 saturated carbocycles. The van der Waals surface area contributed by atoms with Crippen molar-refractivity contribution in [2.45, 2.75) is 26.4 Å². The third-order valence-electron chi connectivity index (χ3n) is 2.54. The Hall–Kier alpha value is -1.26. The molecule has 4 nitrogen and oxygen atoms in total. The minimum absolute atomic E-state index is 0.219. The van der Waals surface area contributed by atoms with Gasteiger partial charge in [-0.25, -0.2) is 0 Å². The molecule has 0 aromatic heterocycles. The molecule has 0 aliphatic heterocycles. The lowest BCUT2D eigenvalue weighted by Gasteiger charge is -2.25. The van der Waals surface area contributed by atoms with Crippen molar-refractivity contribution < 1.29 is 4.79 Å². The number of hydrogen-bond donors (Lipinski definition) is 2. The zero-order valence-electron chi connectivity index (χ0n) is 10.1. The van der Waals surface area contributed by atoms with Crippen LogP contribution in [0.5, 0.6) is 0 Å². The molecule has 0 unspecified atom stereocenters. The first-order valence-corrected chi connectivity index (χ1v) is 5.84. The minimum Gasteiger partial charge on any atom is -0.399 e. The second-order valence-electron chi connectivity index (χ2n) is 4.32. The Balaban J connectivity index is 2.82. The van der Waals surface area contributed by atoms with E-state index in [2.05, 4.69) is 0 Å². The van der Waals surface area contributed by atoms with Gasteiger partial charge in [0, 0.05) is 23.3 Å². The Morgan fingerprint density at radius 1 is 1.47 bits per heavy atom. The van der Waals surface area contributed by atoms with E-state index in [1.807, 2.05) is 24.8 Å². The summed E-state index contributed by atoms with van der Waals surface area (Å²) in [4.78, 5) is 12.9. The topological polar surface area (TPSA) is 72.3 Å². The molecule has 0 heterocycles. The Kier molecular flexibility index (Phi) is 4.78. The number of primary amides is 1. The molecule has 1 aromatic carbocycles. The van der Waals surface area contributed by atoms with Crippen LogP contribution in [0, 0.1) is 0 Å². The van der Waals surface area contributed by atoms with Gasteiger partial charge in [-0.3, -0.25) is 9.69 Å². The molecule has 17 heavy (non-hydrogen) atoms. The number of hydrogen-bond acceptors (Lipinski definition) is 3. The molecule has 94 valence electrons. The van der Waals surface area contributed by atoms with Gasteiger partial charge in [0.1, 0.15) is 0 Å². The van der Waals surface area contributed by atoms with E-state index in [1.54, 1.807) is 12.1 Å². The molecule has 5 heteroatoms. The quantitative estimate of drug-likeness (QED) is 0.786. The van der Waals surface area contributed by atoms with Gasteiger partial charge in [-0.15, -0.1) is 0 Å². The number of amides is 1. The second-order valence-corrected chi connectivity index (χ2v) is 4.72. The smallest absolute Gasteiger partial charge is 0.231 e. The number of nitrogen functional groups attached to an aromatic ring is 1. The van der Waals surface area contributed by atoms with Crippen LogP contribution in [0.25, 0.3) is 0 Å². The van der Waals surface area contributed by atoms with Crippen molar-refractivity contribution in [2.75, 3.05) is 12.3 Å². The number of nitrogens with two attached hydrogens (primary N) is 2. The largest absolute Gasteiger partial charge is 0.399 e. The predicted molar refractivity (Wildman–Crippen MR) is 70.6 cm³/mol. The molecular weight excluding hydrogens is 238 g/mol. The predicted octanol–water partition coefficient (Wildman–Crippen LogP) is 1.62. The summed E-state index contributed by atoms with van der Waals surface area (Å²) in [7, 11) is 0. The maximum atomic E-state index is 11.0. The molecule has 0 bridgehead atoms. The van der Waals surface area contributed by atoms with Crippen molar-refractivity contribution in [2.24, 2.45) is 5.73 Å². The first-order chi connectivity index (χ1) is 7.90. The lowest BCUT2D eigenvalue weighted by atomic mass is 10.1. The molecule has 1 aromatic rings. The molecular formula is C12H18ClN3O. The van der Waals surface area contributed by atoms with E-state index in [9.17, 15) is 4.79 Å². The van der Waals surface area contributed by atoms with Crippen LogP contribution in [0.1, 0.15) is 19.4 Å². The van der Waals surface area contributed by atoms with Crippen LogP contribution in [0.4, 0.5) is 5.69 Å². The summed E-state index contributed by atoms with van der Waals surface area (Å²) in [5, 5.41) is 0.611. The number of carbonyl (C=O) groups is 1. The van der Waals surface area contributed by atoms with E-state index in [0.717, 1.165) is 5.56 Å². The van der Waals surface area contributed by atoms with Crippen LogP contribution in [-0.4, -0.2) is 23.4 Å². The van der Waals surface area contributed by atoms with Gasteiger partial charge in [0.2, 0.25) is 5.91 Å². The van der Waals surface area contributed by atoms with Gasteiger partial charge in [0.15, 0.2) is 0 Å². The Morgan fingerprint density at radius 2 is 2.12 bits per heavy atom. The van der Waals surface area contributed by atoms with E-state index in [0.29, 0.717) is 17.3 Å². The number of benzene rings is 1. The average molecular weight is 256 g/mol. The molecule has 1 rings (SSSR count). The fourth-order valence-electron chi connectivity index (χ4n) is 1.53. The van der Waals surface area contributed by atoms with Gasteiger partial charge >= 0.3 is 0 Å². The SMILES string of the molecule is CC(C)N(CC(N)=O)Cc1ccc(N)cc1Cl. The van der Waals surface area contributed by atoms with Gasteiger partial charge in [-0.2, -0.15) is 0 Å². The number of rotatable bonds is 5. The summed E-state index contributed by atoms with van der Waals surface area (Å²) in [6.45, 7) is 4.82. The maximum Gasteiger partial charge on any atom is 0.231 e. The molecule has 0 aliphatic carbocycles. The highest BCUT2D eigenvalue weighted by molar-refractivity contribution is 6.31. The Labute approximate surface area is 107 Å². The summed E-state index contributed by atoms with van der Waals surface area (Å²) in [6.07, 6.45) is 0. The molecule has 0 saturated heterocycles. The van der Waals surface area contributed by atoms with Crippen molar-refractivity contribution in [1.29, 1.82) is 0 Å². The van der Waals surface area contributed by atoms with Crippen molar-refractivity contribution in [3.8, 4) is 0 Å². The number of nitrogens with zero attached hydrogens (tertiary/aromatic N) is 1. The first-order valence-electron chi connectivity index (χ1n) is 5.46. The lowest BCUT2D eigenvalue weighted by molar-refractivity contribution is -0.119. The summed E-state index contributed by atoms with van der Waals surface area (Å²) in [5.41, 5.74) is 12.4. The van der Waals surface area contributed by atoms with Gasteiger partial charge in [0.25, 0.3) is 0 Å². The number of halogens is 1. The van der Waals surface area contributed by atoms with E-state index in [1.165, 1.54) is 0 Å². The summed E-state index contributed by atoms with van der Waals surface area (Å²) in [6, 6.07) is 5.59. The van der Waals surface area contributed by atoms with Crippen LogP contribution < -0.4 is 11.5 Å². The minimum atomic E-state index is -0.342. The van der Waals surface area contributed by atoms with Crippen LogP contribution in [0.2, 0.25) is 5.02 Å². The van der Waals surface area contributed by atoms with Crippen molar-refractivity contribution in [1.82, 2.24) is 4.90 Å². The van der Waals surface area contributed by atoms with Gasteiger partial charge in [-0.05, 0) is 31.5 Å². The highest BCUT2D eigenvalue weighted by Crippen LogP contribution is 2.21. The van der Waals surface area contributed by atoms with Gasteiger partial charge in [0.05, 0.1) is 6.54 Å². The van der Waals surface area contributed by atoms with Crippen LogP contribution >= 0.6 is 11.6 Å². The summed E-state index contributed by atoms with van der Waals surface area (Å²) in [5.74, 6) is -0.342. The standard InChI is InChI=1S/C12H18ClN3O/c1-8(2)16(7-12(15)17)6-9-3-4-10(14)5-11(9)13/h3-5,8H,6-7,14H2,1-2H3,(H2,15,17). The molecule has 0 spiro atoms. The van der Waals surface area contributed by atoms with Crippen LogP contribution in [-0.2, 0) is 11.3 Å². The van der Waals surface area contributed by atoms with E-state index >= 15 is 0 Å². The molecule has 4 N–H and O–H groups in total. The number of anilines is 1. The first kappa shape index (κ1) is 13.8. The third-order valence-corrected chi connectivity index (χ3v) is 2.89. The van der Waals surface area contributed by atoms with E-state index in [-0.39, 0.29) is 18.5 Å². The number of carbonyl (C=O) groups excluding carboxylic acids is 1. The highest BCUT2D eigenvalue weighted by Gasteiger charge is 2.14. The third kappa shape index (κ3) is 4.24. The fraction of sp³-hybridized carbons (Fsp3) is 0.417. The average Bonchev–Trinajstić information content (AvgIpc) is 2.19. The molecule has 0 aliphatic rings. The monoisotopic (exact) mass is 255 g/mol. The zero-order chi connectivity index (χ0) is 13.0. The molecule has 0 atom stereocenters. The lowest BCUT2D eigenvalue weighted by Crippen LogP contribution is -2.38. The van der Waals surface area contributed by atoms with Crippen LogP contribution in [0.3, 0.4) is 0 Å². The van der Waals surface area contributed by atoms with Crippen molar-refractivity contribution in [3.63, 3.8) is 0 Å². The second kappa shape index (κ2) is 5.89. The van der Waals surface area contributed by atoms with E-state index in [4.69, 9.17) is 23.1 Å². The Bertz CT molecular complexity index is 407. The van der Waals surface area contributed by atoms with Gasteiger partial charge < -0.3 is 11.5 Å². The van der Waals surface area contributed by atoms with Crippen molar-refractivity contribution >= 4 is 23.2 Å². The highest BCUT2D eigenvalue weighted by atomic mass is 35.5. The zero-order valence-corrected chi connectivity index (χ0v) is 10.9. The van der Waals surface area contributed by atoms with Gasteiger partial charge in [-0.1, -0.05) is 17.7 Å². The fourth-order valence-corrected chi connectivity index (χ4v) is 1.78.